The van der Waals surface area contributed by atoms with E-state index < -0.39 is 5.41 Å². The van der Waals surface area contributed by atoms with Crippen molar-refractivity contribution in [1.29, 1.82) is 0 Å². The van der Waals surface area contributed by atoms with E-state index in [9.17, 15) is 0 Å². The number of nitrogens with zero attached hydrogens (tertiary/aromatic N) is 4. The van der Waals surface area contributed by atoms with Crippen molar-refractivity contribution >= 4 is 56.9 Å². The molecule has 0 N–H and O–H groups in total. The van der Waals surface area contributed by atoms with E-state index in [2.05, 4.69) is 317 Å². The van der Waals surface area contributed by atoms with E-state index in [1.165, 1.54) is 50.2 Å². The van der Waals surface area contributed by atoms with Gasteiger partial charge in [0, 0.05) is 62.6 Å². The van der Waals surface area contributed by atoms with Crippen molar-refractivity contribution in [3.63, 3.8) is 0 Å². The third-order valence-corrected chi connectivity index (χ3v) is 15.9. The van der Waals surface area contributed by atoms with Gasteiger partial charge in [0.15, 0.2) is 0 Å². The van der Waals surface area contributed by atoms with E-state index >= 15 is 0 Å². The Kier molecular flexibility index (Phi) is 11.7. The largest absolute Gasteiger partial charge is 0.334 e. The number of hydrogen-bond acceptors (Lipinski definition) is 4. The summed E-state index contributed by atoms with van der Waals surface area (Å²) in [4.78, 5) is 9.83. The van der Waals surface area contributed by atoms with Crippen LogP contribution in [0.25, 0.3) is 22.3 Å². The number of para-hydroxylation sites is 6. The van der Waals surface area contributed by atoms with Gasteiger partial charge in [0.1, 0.15) is 0 Å². The molecule has 14 rings (SSSR count). The minimum absolute atomic E-state index is 0.125. The normalized spacial score (nSPS) is 15.0. The molecule has 0 aromatic heterocycles. The lowest BCUT2D eigenvalue weighted by molar-refractivity contribution is 0.774. The quantitative estimate of drug-likeness (QED) is 0.121. The van der Waals surface area contributed by atoms with Crippen molar-refractivity contribution < 1.29 is 0 Å². The lowest BCUT2D eigenvalue weighted by Gasteiger charge is -2.36. The Morgan fingerprint density at radius 1 is 0.312 bits per heavy atom. The maximum atomic E-state index is 2.55. The molecule has 4 heteroatoms. The highest BCUT2D eigenvalue weighted by Gasteiger charge is 2.53. The molecule has 1 atom stereocenters. The van der Waals surface area contributed by atoms with E-state index in [0.717, 1.165) is 76.1 Å². The van der Waals surface area contributed by atoms with Crippen molar-refractivity contribution in [3.8, 4) is 22.3 Å². The lowest BCUT2D eigenvalue weighted by atomic mass is 9.70. The Hall–Kier alpha value is -9.64. The van der Waals surface area contributed by atoms with Crippen molar-refractivity contribution in [3.05, 3.63) is 325 Å². The molecule has 4 aliphatic carbocycles. The standard InChI is InChI=1S/C73H56N4/c1-9-25-53(26-10-1)74(54-27-11-2-12-28-54)61-41-45-65-66-46-42-62(75(55-29-13-3-14-30-55)56-31-15-4-16-32-56)50-70(66)73(69(65)49-61)71-51-63(76(57-33-17-5-18-34-57)58-35-19-6-20-36-58)43-47-67(71)68-48-44-64(52-72(68)73)77(59-37-21-7-22-38-59)60-39-23-8-24-40-60/h1-7,9-23,25-35,37-52,58H,8,24,36H2. The molecular formula is C73H56N4. The van der Waals surface area contributed by atoms with Crippen LogP contribution in [0.1, 0.15) is 41.5 Å². The molecule has 10 aromatic carbocycles. The zero-order valence-electron chi connectivity index (χ0n) is 42.8. The first-order chi connectivity index (χ1) is 38.2. The zero-order chi connectivity index (χ0) is 51.1. The molecule has 77 heavy (non-hydrogen) atoms. The first-order valence-electron chi connectivity index (χ1n) is 27.0. The summed E-state index contributed by atoms with van der Waals surface area (Å²) in [6, 6.07) is 94.4. The van der Waals surface area contributed by atoms with Crippen molar-refractivity contribution in [2.45, 2.75) is 30.7 Å². The predicted octanol–water partition coefficient (Wildman–Crippen LogP) is 19.4. The Balaban J connectivity index is 1.09. The molecule has 368 valence electrons. The minimum atomic E-state index is -0.782. The second kappa shape index (κ2) is 19.6. The first-order valence-corrected chi connectivity index (χ1v) is 27.0. The van der Waals surface area contributed by atoms with Crippen LogP contribution >= 0.6 is 0 Å². The van der Waals surface area contributed by atoms with E-state index in [1.54, 1.807) is 0 Å². The summed E-state index contributed by atoms with van der Waals surface area (Å²) in [6.07, 6.45) is 19.0. The highest BCUT2D eigenvalue weighted by Crippen LogP contribution is 2.65. The van der Waals surface area contributed by atoms with E-state index in [0.29, 0.717) is 0 Å². The van der Waals surface area contributed by atoms with Gasteiger partial charge in [0.05, 0.1) is 11.5 Å². The molecule has 1 unspecified atom stereocenters. The second-order valence-corrected chi connectivity index (χ2v) is 20.3. The number of allylic oxidation sites excluding steroid dienone is 5. The minimum Gasteiger partial charge on any atom is -0.334 e. The first kappa shape index (κ1) is 45.9. The summed E-state index contributed by atoms with van der Waals surface area (Å²) in [7, 11) is 0. The zero-order valence-corrected chi connectivity index (χ0v) is 42.8. The van der Waals surface area contributed by atoms with Crippen LogP contribution in [-0.4, -0.2) is 6.04 Å². The highest BCUT2D eigenvalue weighted by atomic mass is 15.2. The topological polar surface area (TPSA) is 13.0 Å². The average Bonchev–Trinajstić information content (AvgIpc) is 4.18. The number of anilines is 10. The summed E-state index contributed by atoms with van der Waals surface area (Å²) >= 11 is 0. The number of rotatable bonds is 12. The van der Waals surface area contributed by atoms with Gasteiger partial charge in [0.25, 0.3) is 0 Å². The molecule has 0 bridgehead atoms. The van der Waals surface area contributed by atoms with E-state index in [1.807, 2.05) is 0 Å². The van der Waals surface area contributed by atoms with Gasteiger partial charge < -0.3 is 19.6 Å². The van der Waals surface area contributed by atoms with Crippen LogP contribution in [0, 0.1) is 0 Å². The monoisotopic (exact) mass is 988 g/mol. The number of benzene rings is 10. The summed E-state index contributed by atoms with van der Waals surface area (Å²) < 4.78 is 0. The van der Waals surface area contributed by atoms with Gasteiger partial charge in [0.2, 0.25) is 0 Å². The molecule has 0 saturated heterocycles. The summed E-state index contributed by atoms with van der Waals surface area (Å²) in [6.45, 7) is 0. The third kappa shape index (κ3) is 7.91. The predicted molar refractivity (Wildman–Crippen MR) is 322 cm³/mol. The summed E-state index contributed by atoms with van der Waals surface area (Å²) in [5.41, 5.74) is 21.6. The molecule has 0 heterocycles. The van der Waals surface area contributed by atoms with Crippen molar-refractivity contribution in [2.75, 3.05) is 19.6 Å². The molecule has 1 spiro atoms. The van der Waals surface area contributed by atoms with Crippen LogP contribution in [0.4, 0.5) is 56.9 Å². The van der Waals surface area contributed by atoms with Gasteiger partial charge in [-0.25, -0.2) is 0 Å². The SMILES string of the molecule is C1=CCC(N(c2ccccc2)c2ccc3c(c2)C2(c4cc(N(C5=CCCC=C5)c5ccccc5)ccc4-3)c3cc(N(c4ccccc4)c4ccccc4)ccc3-c3ccc(N(c4ccccc4)c4ccccc4)cc32)C=C1. The molecule has 0 amide bonds. The van der Waals surface area contributed by atoms with Crippen molar-refractivity contribution in [2.24, 2.45) is 0 Å². The number of hydrogen-bond donors (Lipinski definition) is 0. The lowest BCUT2D eigenvalue weighted by Crippen LogP contribution is -2.31. The summed E-state index contributed by atoms with van der Waals surface area (Å²) in [5, 5.41) is 0. The van der Waals surface area contributed by atoms with Crippen LogP contribution in [0.3, 0.4) is 0 Å². The molecule has 4 aliphatic rings. The third-order valence-electron chi connectivity index (χ3n) is 15.9. The van der Waals surface area contributed by atoms with Gasteiger partial charge in [-0.2, -0.15) is 0 Å². The molecule has 0 fully saturated rings. The van der Waals surface area contributed by atoms with Crippen LogP contribution < -0.4 is 19.6 Å². The fraction of sp³-hybridized carbons (Fsp3) is 0.0685. The molecule has 0 radical (unpaired) electrons. The molecule has 0 aliphatic heterocycles. The Morgan fingerprint density at radius 3 is 1.05 bits per heavy atom. The highest BCUT2D eigenvalue weighted by molar-refractivity contribution is 5.99. The van der Waals surface area contributed by atoms with Crippen molar-refractivity contribution in [1.82, 2.24) is 0 Å². The van der Waals surface area contributed by atoms with E-state index in [-0.39, 0.29) is 6.04 Å². The van der Waals surface area contributed by atoms with Crippen LogP contribution in [0.5, 0.6) is 0 Å². The summed E-state index contributed by atoms with van der Waals surface area (Å²) in [5.74, 6) is 0. The van der Waals surface area contributed by atoms with Gasteiger partial charge in [-0.1, -0.05) is 170 Å². The Morgan fingerprint density at radius 2 is 0.675 bits per heavy atom. The Labute approximate surface area is 452 Å². The molecule has 0 saturated carbocycles. The van der Waals surface area contributed by atoms with Gasteiger partial charge in [-0.05, 0) is 191 Å². The van der Waals surface area contributed by atoms with Crippen LogP contribution in [0.15, 0.2) is 303 Å². The molecule has 10 aromatic rings. The fourth-order valence-electron chi connectivity index (χ4n) is 12.6. The average molecular weight is 989 g/mol. The second-order valence-electron chi connectivity index (χ2n) is 20.3. The Bertz CT molecular complexity index is 3690. The fourth-order valence-corrected chi connectivity index (χ4v) is 12.6. The van der Waals surface area contributed by atoms with Crippen LogP contribution in [-0.2, 0) is 5.41 Å². The van der Waals surface area contributed by atoms with Gasteiger partial charge in [-0.3, -0.25) is 0 Å². The van der Waals surface area contributed by atoms with E-state index in [4.69, 9.17) is 0 Å². The maximum Gasteiger partial charge on any atom is 0.0728 e. The molecular weight excluding hydrogens is 933 g/mol. The maximum absolute atomic E-state index is 2.55. The molecule has 4 nitrogen and oxygen atoms in total. The smallest absolute Gasteiger partial charge is 0.0728 e. The van der Waals surface area contributed by atoms with Gasteiger partial charge in [-0.15, -0.1) is 0 Å². The van der Waals surface area contributed by atoms with Crippen LogP contribution in [0.2, 0.25) is 0 Å². The van der Waals surface area contributed by atoms with Gasteiger partial charge >= 0.3 is 0 Å². The number of fused-ring (bicyclic) bond motifs is 10.